The van der Waals surface area contributed by atoms with Crippen molar-refractivity contribution in [2.75, 3.05) is 6.61 Å². The van der Waals surface area contributed by atoms with Gasteiger partial charge in [-0.05, 0) is 67.1 Å². The van der Waals surface area contributed by atoms with Crippen molar-refractivity contribution in [1.82, 2.24) is 0 Å². The third-order valence-electron chi connectivity index (χ3n) is 4.03. The van der Waals surface area contributed by atoms with Crippen LogP contribution in [0.15, 0.2) is 42.5 Å². The van der Waals surface area contributed by atoms with E-state index in [1.54, 1.807) is 12.1 Å². The second-order valence-electron chi connectivity index (χ2n) is 5.81. The van der Waals surface area contributed by atoms with Crippen LogP contribution in [0.2, 0.25) is 0 Å². The zero-order valence-electron chi connectivity index (χ0n) is 14.2. The second kappa shape index (κ2) is 8.94. The fourth-order valence-electron chi connectivity index (χ4n) is 2.76. The molecule has 1 aliphatic rings. The molecular formula is C19H18FLiO4. The van der Waals surface area contributed by atoms with E-state index in [1.807, 2.05) is 12.1 Å². The molecule has 1 atom stereocenters. The van der Waals surface area contributed by atoms with Crippen molar-refractivity contribution in [2.24, 2.45) is 0 Å². The zero-order valence-corrected chi connectivity index (χ0v) is 14.2. The molecule has 0 aromatic heterocycles. The fraction of sp³-hybridized carbons (Fsp3) is 0.316. The predicted molar refractivity (Wildman–Crippen MR) is 84.4 cm³/mol. The van der Waals surface area contributed by atoms with Gasteiger partial charge >= 0.3 is 18.9 Å². The van der Waals surface area contributed by atoms with Crippen molar-refractivity contribution in [3.63, 3.8) is 0 Å². The molecule has 2 aromatic rings. The minimum Gasteiger partial charge on any atom is -0.546 e. The number of carboxylic acids is 1. The summed E-state index contributed by atoms with van der Waals surface area (Å²) >= 11 is 0. The Morgan fingerprint density at radius 2 is 2.00 bits per heavy atom. The van der Waals surface area contributed by atoms with Crippen LogP contribution in [0.3, 0.4) is 0 Å². The van der Waals surface area contributed by atoms with Gasteiger partial charge in [-0.15, -0.1) is 0 Å². The van der Waals surface area contributed by atoms with Gasteiger partial charge in [0.05, 0.1) is 12.6 Å². The fourth-order valence-corrected chi connectivity index (χ4v) is 2.76. The smallest absolute Gasteiger partial charge is 0.546 e. The number of carboxylic acid groups (broad SMARTS) is 1. The molecular weight excluding hydrogens is 318 g/mol. The summed E-state index contributed by atoms with van der Waals surface area (Å²) < 4.78 is 23.8. The number of benzene rings is 2. The Kier molecular flexibility index (Phi) is 6.92. The van der Waals surface area contributed by atoms with Crippen molar-refractivity contribution in [2.45, 2.75) is 31.8 Å². The van der Waals surface area contributed by atoms with Crippen molar-refractivity contribution in [1.29, 1.82) is 0 Å². The second-order valence-corrected chi connectivity index (χ2v) is 5.81. The van der Waals surface area contributed by atoms with Crippen LogP contribution in [0, 0.1) is 5.82 Å². The van der Waals surface area contributed by atoms with E-state index in [1.165, 1.54) is 12.1 Å². The Hall–Kier alpha value is -1.96. The standard InChI is InChI=1S/C19H19FO4.Li/c20-15-5-7-16(8-6-15)23-11-1-2-13-3-9-17-14(12-13)4-10-18(24-17)19(21)22;/h3,5-9,12,18H,1-2,4,10-11H2,(H,21,22);/q;+1/p-1. The van der Waals surface area contributed by atoms with E-state index in [4.69, 9.17) is 9.47 Å². The van der Waals surface area contributed by atoms with Crippen LogP contribution in [-0.2, 0) is 17.6 Å². The molecule has 6 heteroatoms. The Morgan fingerprint density at radius 1 is 1.24 bits per heavy atom. The minimum atomic E-state index is -1.16. The molecule has 0 N–H and O–H groups in total. The number of hydrogen-bond donors (Lipinski definition) is 0. The third-order valence-corrected chi connectivity index (χ3v) is 4.03. The number of ether oxygens (including phenoxy) is 2. The van der Waals surface area contributed by atoms with Gasteiger partial charge in [-0.25, -0.2) is 4.39 Å². The van der Waals surface area contributed by atoms with Crippen LogP contribution in [0.1, 0.15) is 24.0 Å². The molecule has 0 aliphatic carbocycles. The SMILES string of the molecule is O=C([O-])C1CCc2cc(CCCOc3ccc(F)cc3)ccc2O1.[Li+]. The first kappa shape index (κ1) is 19.4. The number of aryl methyl sites for hydroxylation is 2. The Morgan fingerprint density at radius 3 is 2.72 bits per heavy atom. The molecule has 1 aliphatic heterocycles. The molecule has 2 aromatic carbocycles. The quantitative estimate of drug-likeness (QED) is 0.516. The van der Waals surface area contributed by atoms with Crippen LogP contribution >= 0.6 is 0 Å². The molecule has 3 rings (SSSR count). The summed E-state index contributed by atoms with van der Waals surface area (Å²) in [5.74, 6) is -0.160. The van der Waals surface area contributed by atoms with E-state index in [9.17, 15) is 14.3 Å². The maximum absolute atomic E-state index is 12.8. The number of hydrogen-bond acceptors (Lipinski definition) is 4. The van der Waals surface area contributed by atoms with Gasteiger partial charge in [-0.3, -0.25) is 0 Å². The molecule has 126 valence electrons. The molecule has 0 saturated heterocycles. The molecule has 0 fully saturated rings. The molecule has 0 saturated carbocycles. The summed E-state index contributed by atoms with van der Waals surface area (Å²) in [7, 11) is 0. The summed E-state index contributed by atoms with van der Waals surface area (Å²) in [6, 6.07) is 11.8. The van der Waals surface area contributed by atoms with Crippen LogP contribution in [0.4, 0.5) is 4.39 Å². The van der Waals surface area contributed by atoms with Crippen LogP contribution < -0.4 is 33.4 Å². The van der Waals surface area contributed by atoms with E-state index >= 15 is 0 Å². The van der Waals surface area contributed by atoms with E-state index in [0.717, 1.165) is 24.0 Å². The van der Waals surface area contributed by atoms with Crippen LogP contribution in [-0.4, -0.2) is 18.7 Å². The number of aliphatic carboxylic acids is 1. The first-order chi connectivity index (χ1) is 11.6. The van der Waals surface area contributed by atoms with Crippen LogP contribution in [0.5, 0.6) is 11.5 Å². The molecule has 0 radical (unpaired) electrons. The van der Waals surface area contributed by atoms with Gasteiger partial charge in [0.15, 0.2) is 0 Å². The van der Waals surface area contributed by atoms with Crippen LogP contribution in [0.25, 0.3) is 0 Å². The predicted octanol–water partition coefficient (Wildman–Crippen LogP) is -0.715. The first-order valence-corrected chi connectivity index (χ1v) is 7.99. The van der Waals surface area contributed by atoms with Gasteiger partial charge < -0.3 is 19.4 Å². The molecule has 0 amide bonds. The van der Waals surface area contributed by atoms with Crippen molar-refractivity contribution in [3.05, 3.63) is 59.4 Å². The van der Waals surface area contributed by atoms with E-state index in [-0.39, 0.29) is 24.7 Å². The molecule has 1 heterocycles. The number of rotatable bonds is 6. The summed E-state index contributed by atoms with van der Waals surface area (Å²) in [5.41, 5.74) is 2.19. The van der Waals surface area contributed by atoms with Gasteiger partial charge in [-0.1, -0.05) is 12.1 Å². The average molecular weight is 336 g/mol. The number of fused-ring (bicyclic) bond motifs is 1. The maximum Gasteiger partial charge on any atom is 1.00 e. The summed E-state index contributed by atoms with van der Waals surface area (Å²) in [6.07, 6.45) is 1.93. The topological polar surface area (TPSA) is 58.6 Å². The van der Waals surface area contributed by atoms with Gasteiger partial charge in [0, 0.05) is 0 Å². The molecule has 1 unspecified atom stereocenters. The van der Waals surface area contributed by atoms with Crippen molar-refractivity contribution < 1.29 is 42.6 Å². The number of carbonyl (C=O) groups excluding carboxylic acids is 1. The van der Waals surface area contributed by atoms with Gasteiger partial charge in [0.2, 0.25) is 0 Å². The monoisotopic (exact) mass is 336 g/mol. The molecule has 25 heavy (non-hydrogen) atoms. The Labute approximate surface area is 158 Å². The van der Waals surface area contributed by atoms with E-state index in [2.05, 4.69) is 6.07 Å². The number of halogens is 1. The zero-order chi connectivity index (χ0) is 16.9. The maximum atomic E-state index is 12.8. The largest absolute Gasteiger partial charge is 1.00 e. The van der Waals surface area contributed by atoms with Crippen molar-refractivity contribution in [3.8, 4) is 11.5 Å². The molecule has 0 spiro atoms. The minimum absolute atomic E-state index is 0. The Balaban J connectivity index is 0.00000225. The summed E-state index contributed by atoms with van der Waals surface area (Å²) in [4.78, 5) is 10.9. The normalized spacial score (nSPS) is 15.5. The molecule has 0 bridgehead atoms. The Bertz CT molecular complexity index is 718. The number of carbonyl (C=O) groups is 1. The first-order valence-electron chi connectivity index (χ1n) is 7.99. The van der Waals surface area contributed by atoms with Gasteiger partial charge in [0.1, 0.15) is 23.4 Å². The summed E-state index contributed by atoms with van der Waals surface area (Å²) in [5, 5.41) is 10.9. The van der Waals surface area contributed by atoms with Gasteiger partial charge in [0.25, 0.3) is 0 Å². The average Bonchev–Trinajstić information content (AvgIpc) is 2.59. The third kappa shape index (κ3) is 5.25. The van der Waals surface area contributed by atoms with E-state index in [0.29, 0.717) is 30.9 Å². The molecule has 4 nitrogen and oxygen atoms in total. The summed E-state index contributed by atoms with van der Waals surface area (Å²) in [6.45, 7) is 0.548. The van der Waals surface area contributed by atoms with Crippen molar-refractivity contribution >= 4 is 5.97 Å². The van der Waals surface area contributed by atoms with E-state index < -0.39 is 12.1 Å². The van der Waals surface area contributed by atoms with Gasteiger partial charge in [-0.2, -0.15) is 0 Å².